The maximum Gasteiger partial charge on any atom is 0.338 e. The number of carbonyl (C=O) groups excluding carboxylic acids is 1. The predicted octanol–water partition coefficient (Wildman–Crippen LogP) is 7.57. The summed E-state index contributed by atoms with van der Waals surface area (Å²) in [4.78, 5) is 19.4. The minimum Gasteiger partial charge on any atom is -0.507 e. The molecule has 2 aliphatic heterocycles. The lowest BCUT2D eigenvalue weighted by atomic mass is 9.99. The Labute approximate surface area is 244 Å². The fourth-order valence-corrected chi connectivity index (χ4v) is 7.57. The molecule has 0 aliphatic carbocycles. The molecule has 7 heteroatoms. The summed E-state index contributed by atoms with van der Waals surface area (Å²) in [5.41, 5.74) is 4.24. The lowest BCUT2D eigenvalue weighted by Crippen LogP contribution is -2.41. The molecule has 0 spiro atoms. The van der Waals surface area contributed by atoms with Crippen LogP contribution in [0.3, 0.4) is 0 Å². The van der Waals surface area contributed by atoms with Crippen LogP contribution in [0.1, 0.15) is 74.9 Å². The van der Waals surface area contributed by atoms with Gasteiger partial charge in [-0.3, -0.25) is 4.90 Å². The summed E-state index contributed by atoms with van der Waals surface area (Å²) >= 11 is 3.69. The topological polar surface area (TPSA) is 53.0 Å². The van der Waals surface area contributed by atoms with Crippen molar-refractivity contribution in [1.82, 2.24) is 9.80 Å². The molecule has 1 atom stereocenters. The quantitative estimate of drug-likeness (QED) is 0.280. The summed E-state index contributed by atoms with van der Waals surface area (Å²) in [6.45, 7) is 13.4. The van der Waals surface area contributed by atoms with Gasteiger partial charge in [0.1, 0.15) is 5.75 Å². The summed E-state index contributed by atoms with van der Waals surface area (Å²) in [5.74, 6) is 2.30. The standard InChI is InChI=1S/C17H25NO2S.C15H21NOS/c1-4-9-18(10-5-2)13-11-15-14(17(19)20-3)7-6-8-16(15)21-12-13;1-3-8-16(9-4-2)12-10-13-14(17)6-5-7-15(13)18-11-12/h6-8,13H,4-5,9-12H2,1-3H3;5-7,10,17H,3-4,8-9,11H2,1-2H3. The Kier molecular flexibility index (Phi) is 13.1. The average Bonchev–Trinajstić information content (AvgIpc) is 2.96. The molecule has 0 saturated heterocycles. The maximum atomic E-state index is 12.0. The summed E-state index contributed by atoms with van der Waals surface area (Å²) in [5, 5.41) is 9.94. The van der Waals surface area contributed by atoms with Crippen LogP contribution in [-0.4, -0.2) is 71.7 Å². The Bertz CT molecular complexity index is 1090. The van der Waals surface area contributed by atoms with E-state index in [0.29, 0.717) is 11.8 Å². The molecule has 2 aromatic rings. The minimum absolute atomic E-state index is 0.217. The number of aromatic hydroxyl groups is 1. The summed E-state index contributed by atoms with van der Waals surface area (Å²) in [7, 11) is 1.45. The summed E-state index contributed by atoms with van der Waals surface area (Å²) in [6, 6.07) is 12.2. The first kappa shape index (κ1) is 31.4. The molecule has 2 heterocycles. The van der Waals surface area contributed by atoms with Crippen LogP contribution in [0.4, 0.5) is 0 Å². The normalized spacial score (nSPS) is 15.9. The highest BCUT2D eigenvalue weighted by Gasteiger charge is 2.27. The van der Waals surface area contributed by atoms with E-state index in [-0.39, 0.29) is 5.97 Å². The zero-order valence-electron chi connectivity index (χ0n) is 24.4. The van der Waals surface area contributed by atoms with Crippen molar-refractivity contribution < 1.29 is 14.6 Å². The van der Waals surface area contributed by atoms with Gasteiger partial charge in [-0.2, -0.15) is 0 Å². The van der Waals surface area contributed by atoms with E-state index in [2.05, 4.69) is 55.7 Å². The van der Waals surface area contributed by atoms with Crippen molar-refractivity contribution in [2.75, 3.05) is 44.8 Å². The molecule has 0 fully saturated rings. The Morgan fingerprint density at radius 1 is 0.923 bits per heavy atom. The number of carbonyl (C=O) groups is 1. The molecule has 5 nitrogen and oxygen atoms in total. The second-order valence-corrected chi connectivity index (χ2v) is 12.2. The zero-order valence-corrected chi connectivity index (χ0v) is 26.0. The van der Waals surface area contributed by atoms with E-state index in [4.69, 9.17) is 4.74 Å². The highest BCUT2D eigenvalue weighted by molar-refractivity contribution is 7.99. The van der Waals surface area contributed by atoms with Crippen molar-refractivity contribution >= 4 is 35.6 Å². The lowest BCUT2D eigenvalue weighted by molar-refractivity contribution is 0.0598. The van der Waals surface area contributed by atoms with Gasteiger partial charge < -0.3 is 14.7 Å². The number of methoxy groups -OCH3 is 1. The van der Waals surface area contributed by atoms with Gasteiger partial charge in [-0.15, -0.1) is 23.5 Å². The monoisotopic (exact) mass is 570 g/mol. The van der Waals surface area contributed by atoms with Gasteiger partial charge in [0.15, 0.2) is 0 Å². The van der Waals surface area contributed by atoms with Gasteiger partial charge in [0, 0.05) is 51.7 Å². The van der Waals surface area contributed by atoms with Gasteiger partial charge in [0.2, 0.25) is 0 Å². The largest absolute Gasteiger partial charge is 0.507 e. The molecule has 2 aromatic carbocycles. The number of phenolic OH excluding ortho intramolecular Hbond substituents is 1. The molecular weight excluding hydrogens is 524 g/mol. The molecule has 0 aromatic heterocycles. The van der Waals surface area contributed by atoms with Crippen LogP contribution in [0.2, 0.25) is 0 Å². The zero-order chi connectivity index (χ0) is 28.2. The first-order chi connectivity index (χ1) is 19.0. The molecule has 39 heavy (non-hydrogen) atoms. The SMILES string of the molecule is CCCN(CCC)C1=Cc2c(O)cccc2SC1.CCCN(CCC)C1CSc2cccc(C(=O)OC)c2C1. The first-order valence-corrected chi connectivity index (χ1v) is 16.4. The van der Waals surface area contributed by atoms with E-state index in [0.717, 1.165) is 68.1 Å². The number of nitrogens with zero attached hydrogens (tertiary/aromatic N) is 2. The number of benzene rings is 2. The van der Waals surface area contributed by atoms with E-state index in [9.17, 15) is 9.90 Å². The second-order valence-electron chi connectivity index (χ2n) is 10.1. The van der Waals surface area contributed by atoms with E-state index < -0.39 is 0 Å². The van der Waals surface area contributed by atoms with Crippen LogP contribution in [0.5, 0.6) is 5.75 Å². The molecule has 0 saturated carbocycles. The molecule has 1 N–H and O–H groups in total. The van der Waals surface area contributed by atoms with Crippen LogP contribution in [-0.2, 0) is 11.2 Å². The molecule has 0 radical (unpaired) electrons. The van der Waals surface area contributed by atoms with Crippen LogP contribution < -0.4 is 0 Å². The predicted molar refractivity (Wildman–Crippen MR) is 167 cm³/mol. The fourth-order valence-electron chi connectivity index (χ4n) is 5.26. The third kappa shape index (κ3) is 8.45. The number of hydrogen-bond acceptors (Lipinski definition) is 7. The number of ether oxygens (including phenoxy) is 1. The van der Waals surface area contributed by atoms with Crippen molar-refractivity contribution in [3.05, 3.63) is 58.8 Å². The molecular formula is C32H46N2O3S2. The maximum absolute atomic E-state index is 12.0. The van der Waals surface area contributed by atoms with Crippen molar-refractivity contribution in [3.8, 4) is 5.75 Å². The van der Waals surface area contributed by atoms with Crippen molar-refractivity contribution in [2.24, 2.45) is 0 Å². The van der Waals surface area contributed by atoms with Crippen LogP contribution in [0.15, 0.2) is 51.9 Å². The van der Waals surface area contributed by atoms with E-state index in [1.165, 1.54) is 41.0 Å². The highest BCUT2D eigenvalue weighted by Crippen LogP contribution is 2.37. The Hall–Kier alpha value is -2.09. The highest BCUT2D eigenvalue weighted by atomic mass is 32.2. The third-order valence-electron chi connectivity index (χ3n) is 7.07. The molecule has 1 unspecified atom stereocenters. The van der Waals surface area contributed by atoms with Gasteiger partial charge in [-0.25, -0.2) is 4.79 Å². The Morgan fingerprint density at radius 3 is 2.21 bits per heavy atom. The van der Waals surface area contributed by atoms with Gasteiger partial charge >= 0.3 is 5.97 Å². The van der Waals surface area contributed by atoms with E-state index in [1.54, 1.807) is 6.07 Å². The van der Waals surface area contributed by atoms with Crippen LogP contribution in [0.25, 0.3) is 6.08 Å². The third-order valence-corrected chi connectivity index (χ3v) is 9.42. The number of fused-ring (bicyclic) bond motifs is 2. The molecule has 0 bridgehead atoms. The fraction of sp³-hybridized carbons (Fsp3) is 0.531. The molecule has 4 rings (SSSR count). The second kappa shape index (κ2) is 16.2. The van der Waals surface area contributed by atoms with Crippen LogP contribution >= 0.6 is 23.5 Å². The Balaban J connectivity index is 0.000000218. The summed E-state index contributed by atoms with van der Waals surface area (Å²) in [6.07, 6.45) is 7.78. The molecule has 0 amide bonds. The smallest absolute Gasteiger partial charge is 0.338 e. The van der Waals surface area contributed by atoms with Crippen LogP contribution in [0, 0.1) is 0 Å². The minimum atomic E-state index is -0.217. The molecule has 214 valence electrons. The molecule has 2 aliphatic rings. The summed E-state index contributed by atoms with van der Waals surface area (Å²) < 4.78 is 4.93. The number of esters is 1. The van der Waals surface area contributed by atoms with Gasteiger partial charge in [-0.1, -0.05) is 39.8 Å². The van der Waals surface area contributed by atoms with Crippen molar-refractivity contribution in [2.45, 2.75) is 75.6 Å². The van der Waals surface area contributed by atoms with Gasteiger partial charge in [0.25, 0.3) is 0 Å². The van der Waals surface area contributed by atoms with E-state index in [1.807, 2.05) is 41.7 Å². The number of phenols is 1. The first-order valence-electron chi connectivity index (χ1n) is 14.4. The van der Waals surface area contributed by atoms with E-state index >= 15 is 0 Å². The lowest BCUT2D eigenvalue weighted by Gasteiger charge is -2.35. The van der Waals surface area contributed by atoms with Crippen molar-refractivity contribution in [1.29, 1.82) is 0 Å². The number of rotatable bonds is 11. The van der Waals surface area contributed by atoms with Gasteiger partial charge in [0.05, 0.1) is 12.7 Å². The Morgan fingerprint density at radius 2 is 1.56 bits per heavy atom. The number of hydrogen-bond donors (Lipinski definition) is 1. The van der Waals surface area contributed by atoms with Gasteiger partial charge in [-0.05, 0) is 81.1 Å². The van der Waals surface area contributed by atoms with Crippen molar-refractivity contribution in [3.63, 3.8) is 0 Å². The average molecular weight is 571 g/mol. The number of thioether (sulfide) groups is 2.